The standard InChI is InChI=1S/C30H24F3N3O3/c1-16-10-11-21(14-17(16)2)36-28(38)23-24(29(36)39)26(35-13-12-18-6-3-4-9-22(18)25(23)35)27(37)34-20-8-5-7-19(15-20)30(31,32)33/h3-15,23-26H,1-2H3,(H,34,37)/t23-,24-,25-,26+/m1/s1. The van der Waals surface area contributed by atoms with Gasteiger partial charge in [0.05, 0.1) is 29.1 Å². The zero-order valence-electron chi connectivity index (χ0n) is 21.1. The number of imide groups is 1. The molecule has 0 aliphatic carbocycles. The van der Waals surface area contributed by atoms with Crippen LogP contribution in [-0.4, -0.2) is 28.7 Å². The van der Waals surface area contributed by atoms with Gasteiger partial charge in [0.15, 0.2) is 0 Å². The number of benzene rings is 3. The number of halogens is 3. The number of fused-ring (bicyclic) bond motifs is 5. The largest absolute Gasteiger partial charge is 0.416 e. The van der Waals surface area contributed by atoms with Crippen molar-refractivity contribution in [1.29, 1.82) is 0 Å². The van der Waals surface area contributed by atoms with E-state index in [-0.39, 0.29) is 5.69 Å². The molecule has 4 atom stereocenters. The first-order valence-corrected chi connectivity index (χ1v) is 12.5. The molecule has 6 nitrogen and oxygen atoms in total. The van der Waals surface area contributed by atoms with Crippen LogP contribution in [-0.2, 0) is 20.6 Å². The van der Waals surface area contributed by atoms with Crippen molar-refractivity contribution in [1.82, 2.24) is 4.90 Å². The Bertz CT molecular complexity index is 1560. The second-order valence-electron chi connectivity index (χ2n) is 10.2. The van der Waals surface area contributed by atoms with Crippen LogP contribution in [0.25, 0.3) is 6.08 Å². The van der Waals surface area contributed by atoms with E-state index in [1.54, 1.807) is 23.2 Å². The molecule has 39 heavy (non-hydrogen) atoms. The molecule has 3 amide bonds. The predicted octanol–water partition coefficient (Wildman–Crippen LogP) is 5.48. The van der Waals surface area contributed by atoms with Gasteiger partial charge in [-0.2, -0.15) is 13.2 Å². The molecule has 0 radical (unpaired) electrons. The number of rotatable bonds is 3. The Morgan fingerprint density at radius 3 is 2.36 bits per heavy atom. The van der Waals surface area contributed by atoms with Crippen molar-refractivity contribution in [3.63, 3.8) is 0 Å². The molecule has 0 bridgehead atoms. The lowest BCUT2D eigenvalue weighted by Gasteiger charge is -2.35. The van der Waals surface area contributed by atoms with Crippen LogP contribution in [0.5, 0.6) is 0 Å². The molecule has 3 aromatic carbocycles. The van der Waals surface area contributed by atoms with E-state index in [1.165, 1.54) is 12.1 Å². The van der Waals surface area contributed by atoms with E-state index in [2.05, 4.69) is 5.32 Å². The van der Waals surface area contributed by atoms with Gasteiger partial charge < -0.3 is 10.2 Å². The van der Waals surface area contributed by atoms with Crippen molar-refractivity contribution in [2.24, 2.45) is 11.8 Å². The topological polar surface area (TPSA) is 69.7 Å². The predicted molar refractivity (Wildman–Crippen MR) is 139 cm³/mol. The number of nitrogens with one attached hydrogen (secondary N) is 1. The third-order valence-electron chi connectivity index (χ3n) is 7.94. The van der Waals surface area contributed by atoms with Gasteiger partial charge in [-0.05, 0) is 72.5 Å². The molecule has 0 saturated carbocycles. The minimum atomic E-state index is -4.58. The number of carbonyl (C=O) groups excluding carboxylic acids is 3. The number of hydrogen-bond acceptors (Lipinski definition) is 4. The maximum absolute atomic E-state index is 13.9. The summed E-state index contributed by atoms with van der Waals surface area (Å²) in [6.45, 7) is 3.82. The minimum Gasteiger partial charge on any atom is -0.357 e. The Balaban J connectivity index is 1.42. The van der Waals surface area contributed by atoms with Gasteiger partial charge in [0.2, 0.25) is 17.7 Å². The van der Waals surface area contributed by atoms with E-state index in [1.807, 2.05) is 50.3 Å². The smallest absolute Gasteiger partial charge is 0.357 e. The highest BCUT2D eigenvalue weighted by molar-refractivity contribution is 6.24. The molecule has 9 heteroatoms. The molecular weight excluding hydrogens is 507 g/mol. The van der Waals surface area contributed by atoms with Gasteiger partial charge >= 0.3 is 6.18 Å². The monoisotopic (exact) mass is 531 g/mol. The summed E-state index contributed by atoms with van der Waals surface area (Å²) in [7, 11) is 0. The van der Waals surface area contributed by atoms with E-state index >= 15 is 0 Å². The first-order chi connectivity index (χ1) is 18.6. The molecule has 3 aliphatic rings. The summed E-state index contributed by atoms with van der Waals surface area (Å²) in [5.74, 6) is -3.42. The Kier molecular flexibility index (Phi) is 5.64. The van der Waals surface area contributed by atoms with E-state index in [0.29, 0.717) is 5.69 Å². The van der Waals surface area contributed by atoms with E-state index in [4.69, 9.17) is 0 Å². The summed E-state index contributed by atoms with van der Waals surface area (Å²) < 4.78 is 39.8. The highest BCUT2D eigenvalue weighted by Crippen LogP contribution is 2.53. The summed E-state index contributed by atoms with van der Waals surface area (Å²) in [5, 5.41) is 2.58. The number of carbonyl (C=O) groups is 3. The SMILES string of the molecule is Cc1ccc(N2C(=O)[C@@H]3[C@@H](C2=O)[C@H]2c4ccccc4C=CN2[C@@H]3C(=O)Nc2cccc(C(F)(F)F)c2)cc1C. The molecule has 3 aromatic rings. The Morgan fingerprint density at radius 1 is 0.872 bits per heavy atom. The Morgan fingerprint density at radius 2 is 1.62 bits per heavy atom. The van der Waals surface area contributed by atoms with Crippen molar-refractivity contribution < 1.29 is 27.6 Å². The van der Waals surface area contributed by atoms with Crippen LogP contribution < -0.4 is 10.2 Å². The van der Waals surface area contributed by atoms with E-state index in [9.17, 15) is 27.6 Å². The van der Waals surface area contributed by atoms with Crippen molar-refractivity contribution in [2.45, 2.75) is 32.1 Å². The second-order valence-corrected chi connectivity index (χ2v) is 10.2. The van der Waals surface area contributed by atoms with Crippen LogP contribution in [0.4, 0.5) is 24.5 Å². The lowest BCUT2D eigenvalue weighted by atomic mass is 9.84. The van der Waals surface area contributed by atoms with E-state index < -0.39 is 53.4 Å². The van der Waals surface area contributed by atoms with Crippen molar-refractivity contribution in [2.75, 3.05) is 10.2 Å². The maximum atomic E-state index is 13.9. The van der Waals surface area contributed by atoms with Crippen LogP contribution in [0.2, 0.25) is 0 Å². The highest BCUT2D eigenvalue weighted by Gasteiger charge is 2.64. The maximum Gasteiger partial charge on any atom is 0.416 e. The van der Waals surface area contributed by atoms with Gasteiger partial charge in [0.25, 0.3) is 0 Å². The fourth-order valence-corrected chi connectivity index (χ4v) is 5.97. The van der Waals surface area contributed by atoms with Gasteiger partial charge in [-0.1, -0.05) is 36.4 Å². The molecule has 3 aliphatic heterocycles. The van der Waals surface area contributed by atoms with Gasteiger partial charge in [-0.25, -0.2) is 4.90 Å². The summed E-state index contributed by atoms with van der Waals surface area (Å²) >= 11 is 0. The average Bonchev–Trinajstić information content (AvgIpc) is 3.38. The molecule has 1 N–H and O–H groups in total. The van der Waals surface area contributed by atoms with Gasteiger partial charge in [0, 0.05) is 11.9 Å². The van der Waals surface area contributed by atoms with Crippen LogP contribution >= 0.6 is 0 Å². The lowest BCUT2D eigenvalue weighted by Crippen LogP contribution is -2.46. The van der Waals surface area contributed by atoms with Crippen LogP contribution in [0.3, 0.4) is 0 Å². The minimum absolute atomic E-state index is 0.0426. The lowest BCUT2D eigenvalue weighted by molar-refractivity contribution is -0.137. The van der Waals surface area contributed by atoms with Crippen LogP contribution in [0.15, 0.2) is 72.9 Å². The van der Waals surface area contributed by atoms with E-state index in [0.717, 1.165) is 39.3 Å². The van der Waals surface area contributed by atoms with Crippen molar-refractivity contribution in [3.05, 3.63) is 101 Å². The first-order valence-electron chi connectivity index (χ1n) is 12.5. The Hall–Kier alpha value is -4.40. The summed E-state index contributed by atoms with van der Waals surface area (Å²) in [4.78, 5) is 44.5. The van der Waals surface area contributed by atoms with Gasteiger partial charge in [-0.15, -0.1) is 0 Å². The number of hydrogen-bond donors (Lipinski definition) is 1. The molecule has 0 spiro atoms. The number of nitrogens with zero attached hydrogens (tertiary/aromatic N) is 2. The summed E-state index contributed by atoms with van der Waals surface area (Å²) in [6, 6.07) is 15.5. The van der Waals surface area contributed by atoms with Crippen LogP contribution in [0, 0.1) is 25.7 Å². The van der Waals surface area contributed by atoms with Crippen LogP contribution in [0.1, 0.15) is 33.9 Å². The fraction of sp³-hybridized carbons (Fsp3) is 0.233. The molecule has 2 saturated heterocycles. The van der Waals surface area contributed by atoms with Gasteiger partial charge in [-0.3, -0.25) is 14.4 Å². The Labute approximate surface area is 222 Å². The molecular formula is C30H24F3N3O3. The molecule has 2 fully saturated rings. The fourth-order valence-electron chi connectivity index (χ4n) is 5.97. The molecule has 0 aromatic heterocycles. The van der Waals surface area contributed by atoms with Crippen molar-refractivity contribution >= 4 is 35.2 Å². The first kappa shape index (κ1) is 24.9. The van der Waals surface area contributed by atoms with Gasteiger partial charge in [0.1, 0.15) is 6.04 Å². The molecule has 198 valence electrons. The highest BCUT2D eigenvalue weighted by atomic mass is 19.4. The molecule has 0 unspecified atom stereocenters. The second kappa shape index (κ2) is 8.83. The third kappa shape index (κ3) is 3.91. The number of alkyl halides is 3. The quantitative estimate of drug-likeness (QED) is 0.455. The molecule has 3 heterocycles. The average molecular weight is 532 g/mol. The molecule has 6 rings (SSSR count). The summed E-state index contributed by atoms with van der Waals surface area (Å²) in [6.07, 6.45) is -1.07. The number of anilines is 2. The zero-order valence-corrected chi connectivity index (χ0v) is 21.1. The summed E-state index contributed by atoms with van der Waals surface area (Å²) in [5.41, 5.74) is 3.10. The van der Waals surface area contributed by atoms with Crippen molar-refractivity contribution in [3.8, 4) is 0 Å². The third-order valence-corrected chi connectivity index (χ3v) is 7.94. The number of amides is 3. The normalized spacial score (nSPS) is 23.5. The number of aryl methyl sites for hydroxylation is 2. The zero-order chi connectivity index (χ0) is 27.6.